The van der Waals surface area contributed by atoms with Crippen molar-refractivity contribution in [1.29, 1.82) is 0 Å². The summed E-state index contributed by atoms with van der Waals surface area (Å²) in [5.74, 6) is 1.53. The maximum atomic E-state index is 10.3. The van der Waals surface area contributed by atoms with E-state index in [1.807, 2.05) is 24.3 Å². The lowest BCUT2D eigenvalue weighted by Crippen LogP contribution is -2.31. The first-order valence-electron chi connectivity index (χ1n) is 14.8. The number of ether oxygens (including phenoxy) is 2. The Morgan fingerprint density at radius 2 is 1.10 bits per heavy atom. The summed E-state index contributed by atoms with van der Waals surface area (Å²) in [6.07, 6.45) is 9.84. The van der Waals surface area contributed by atoms with E-state index in [2.05, 4.69) is 51.1 Å². The predicted octanol–water partition coefficient (Wildman–Crippen LogP) is 7.82. The van der Waals surface area contributed by atoms with E-state index in [4.69, 9.17) is 9.47 Å². The molecule has 0 fully saturated rings. The van der Waals surface area contributed by atoms with Gasteiger partial charge in [0, 0.05) is 11.1 Å². The molecule has 4 aromatic rings. The molecule has 0 aliphatic carbocycles. The molecule has 2 N–H and O–H groups in total. The van der Waals surface area contributed by atoms with Gasteiger partial charge in [0.1, 0.15) is 11.5 Å². The molecule has 0 aliphatic rings. The lowest BCUT2D eigenvalue weighted by molar-refractivity contribution is 0.306. The SMILES string of the molecule is CCCCCCc1cc(OCCCC)c(-c2c(OCCCC)cc(B(O)O)c3ccccc23)c2ccccc12. The Labute approximate surface area is 234 Å². The molecule has 0 spiro atoms. The number of fused-ring (bicyclic) bond motifs is 2. The number of benzene rings is 4. The van der Waals surface area contributed by atoms with Crippen molar-refractivity contribution < 1.29 is 19.5 Å². The highest BCUT2D eigenvalue weighted by Gasteiger charge is 2.25. The molecule has 0 saturated heterocycles. The minimum atomic E-state index is -1.60. The van der Waals surface area contributed by atoms with Crippen LogP contribution in [0.4, 0.5) is 0 Å². The van der Waals surface area contributed by atoms with Crippen LogP contribution in [0.3, 0.4) is 0 Å². The van der Waals surface area contributed by atoms with Gasteiger partial charge in [-0.3, -0.25) is 0 Å². The second-order valence-electron chi connectivity index (χ2n) is 10.4. The number of rotatable bonds is 15. The molecule has 206 valence electrons. The molecule has 0 aromatic heterocycles. The van der Waals surface area contributed by atoms with E-state index in [0.29, 0.717) is 24.4 Å². The van der Waals surface area contributed by atoms with Crippen LogP contribution in [0.25, 0.3) is 32.7 Å². The molecule has 4 aromatic carbocycles. The molecule has 39 heavy (non-hydrogen) atoms. The third-order valence-corrected chi connectivity index (χ3v) is 7.47. The van der Waals surface area contributed by atoms with Crippen LogP contribution in [0.15, 0.2) is 60.7 Å². The fraction of sp³-hybridized carbons (Fsp3) is 0.412. The highest BCUT2D eigenvalue weighted by molar-refractivity contribution is 6.62. The van der Waals surface area contributed by atoms with Crippen molar-refractivity contribution in [2.45, 2.75) is 78.6 Å². The van der Waals surface area contributed by atoms with Crippen LogP contribution in [0.5, 0.6) is 11.5 Å². The fourth-order valence-electron chi connectivity index (χ4n) is 5.36. The van der Waals surface area contributed by atoms with E-state index in [-0.39, 0.29) is 0 Å². The molecular formula is C34H43BO4. The van der Waals surface area contributed by atoms with Crippen molar-refractivity contribution in [3.05, 3.63) is 66.2 Å². The third kappa shape index (κ3) is 6.77. The van der Waals surface area contributed by atoms with E-state index in [9.17, 15) is 10.0 Å². The van der Waals surface area contributed by atoms with Crippen LogP contribution in [0.2, 0.25) is 0 Å². The Morgan fingerprint density at radius 1 is 0.590 bits per heavy atom. The molecule has 4 rings (SSSR count). The summed E-state index contributed by atoms with van der Waals surface area (Å²) in [7, 11) is -1.60. The minimum absolute atomic E-state index is 0.450. The van der Waals surface area contributed by atoms with Crippen LogP contribution >= 0.6 is 0 Å². The Kier molecular flexibility index (Phi) is 10.7. The van der Waals surface area contributed by atoms with Gasteiger partial charge in [0.15, 0.2) is 0 Å². The Hall–Kier alpha value is -3.02. The summed E-state index contributed by atoms with van der Waals surface area (Å²) in [5.41, 5.74) is 3.73. The second-order valence-corrected chi connectivity index (χ2v) is 10.4. The zero-order valence-electron chi connectivity index (χ0n) is 23.8. The Bertz CT molecular complexity index is 1360. The molecule has 0 aliphatic heterocycles. The smallest absolute Gasteiger partial charge is 0.489 e. The Morgan fingerprint density at radius 3 is 1.67 bits per heavy atom. The quantitative estimate of drug-likeness (QED) is 0.122. The van der Waals surface area contributed by atoms with E-state index >= 15 is 0 Å². The summed E-state index contributed by atoms with van der Waals surface area (Å²) >= 11 is 0. The fourth-order valence-corrected chi connectivity index (χ4v) is 5.36. The van der Waals surface area contributed by atoms with Gasteiger partial charge in [-0.25, -0.2) is 0 Å². The van der Waals surface area contributed by atoms with Crippen LogP contribution in [0.1, 0.15) is 77.7 Å². The van der Waals surface area contributed by atoms with Gasteiger partial charge >= 0.3 is 7.12 Å². The van der Waals surface area contributed by atoms with Gasteiger partial charge in [0.25, 0.3) is 0 Å². The van der Waals surface area contributed by atoms with Gasteiger partial charge in [-0.15, -0.1) is 0 Å². The average molecular weight is 527 g/mol. The van der Waals surface area contributed by atoms with Gasteiger partial charge in [0.2, 0.25) is 0 Å². The van der Waals surface area contributed by atoms with Gasteiger partial charge in [-0.2, -0.15) is 0 Å². The first-order chi connectivity index (χ1) is 19.1. The highest BCUT2D eigenvalue weighted by atomic mass is 16.5. The molecule has 0 radical (unpaired) electrons. The monoisotopic (exact) mass is 526 g/mol. The van der Waals surface area contributed by atoms with Crippen LogP contribution in [-0.2, 0) is 6.42 Å². The second kappa shape index (κ2) is 14.4. The van der Waals surface area contributed by atoms with Crippen LogP contribution in [-0.4, -0.2) is 30.4 Å². The number of unbranched alkanes of at least 4 members (excludes halogenated alkanes) is 5. The largest absolute Gasteiger partial charge is 0.493 e. The predicted molar refractivity (Wildman–Crippen MR) is 165 cm³/mol. The van der Waals surface area contributed by atoms with Crippen LogP contribution < -0.4 is 14.9 Å². The molecule has 0 unspecified atom stereocenters. The van der Waals surface area contributed by atoms with E-state index in [1.165, 1.54) is 30.2 Å². The normalized spacial score (nSPS) is 11.3. The first-order valence-corrected chi connectivity index (χ1v) is 14.8. The maximum Gasteiger partial charge on any atom is 0.489 e. The number of aryl methyl sites for hydroxylation is 1. The number of hydrogen-bond donors (Lipinski definition) is 2. The van der Waals surface area contributed by atoms with Crippen molar-refractivity contribution in [3.8, 4) is 22.6 Å². The van der Waals surface area contributed by atoms with E-state index in [1.54, 1.807) is 6.07 Å². The molecule has 0 atom stereocenters. The summed E-state index contributed by atoms with van der Waals surface area (Å²) < 4.78 is 13.0. The molecule has 0 amide bonds. The third-order valence-electron chi connectivity index (χ3n) is 7.47. The summed E-state index contributed by atoms with van der Waals surface area (Å²) in [4.78, 5) is 0. The van der Waals surface area contributed by atoms with Crippen molar-refractivity contribution >= 4 is 34.1 Å². The zero-order valence-corrected chi connectivity index (χ0v) is 23.8. The Balaban J connectivity index is 2.01. The topological polar surface area (TPSA) is 58.9 Å². The standard InChI is InChI=1S/C34H43BO4/c1-4-7-10-11-16-25-23-31(38-21-8-5-2)33(28-19-14-12-17-26(25)28)34-29-20-15-13-18-27(29)30(35(36)37)24-32(34)39-22-9-6-3/h12-15,17-20,23-24,36-37H,4-11,16,21-22H2,1-3H3. The highest BCUT2D eigenvalue weighted by Crippen LogP contribution is 2.46. The van der Waals surface area contributed by atoms with E-state index in [0.717, 1.165) is 71.6 Å². The van der Waals surface area contributed by atoms with Gasteiger partial charge < -0.3 is 19.5 Å². The van der Waals surface area contributed by atoms with Crippen molar-refractivity contribution in [2.24, 2.45) is 0 Å². The first kappa shape index (κ1) is 29.0. The van der Waals surface area contributed by atoms with Crippen LogP contribution in [0, 0.1) is 0 Å². The molecule has 4 nitrogen and oxygen atoms in total. The summed E-state index contributed by atoms with van der Waals surface area (Å²) in [5, 5.41) is 24.7. The maximum absolute atomic E-state index is 10.3. The van der Waals surface area contributed by atoms with Gasteiger partial charge in [0.05, 0.1) is 13.2 Å². The summed E-state index contributed by atoms with van der Waals surface area (Å²) in [6.45, 7) is 7.77. The number of hydrogen-bond acceptors (Lipinski definition) is 4. The van der Waals surface area contributed by atoms with Gasteiger partial charge in [-0.1, -0.05) is 101 Å². The zero-order chi connectivity index (χ0) is 27.6. The molecule has 0 bridgehead atoms. The lowest BCUT2D eigenvalue weighted by Gasteiger charge is -2.22. The molecule has 0 saturated carbocycles. The van der Waals surface area contributed by atoms with Crippen molar-refractivity contribution in [1.82, 2.24) is 0 Å². The minimum Gasteiger partial charge on any atom is -0.493 e. The molecule has 5 heteroatoms. The van der Waals surface area contributed by atoms with Crippen molar-refractivity contribution in [3.63, 3.8) is 0 Å². The van der Waals surface area contributed by atoms with Gasteiger partial charge in [-0.05, 0) is 70.4 Å². The van der Waals surface area contributed by atoms with E-state index < -0.39 is 7.12 Å². The molecular weight excluding hydrogens is 483 g/mol. The summed E-state index contributed by atoms with van der Waals surface area (Å²) in [6, 6.07) is 20.6. The average Bonchev–Trinajstić information content (AvgIpc) is 2.95. The van der Waals surface area contributed by atoms with Crippen molar-refractivity contribution in [2.75, 3.05) is 13.2 Å². The molecule has 0 heterocycles. The lowest BCUT2D eigenvalue weighted by atomic mass is 9.75.